The van der Waals surface area contributed by atoms with Crippen molar-refractivity contribution in [3.8, 4) is 0 Å². The Morgan fingerprint density at radius 1 is 0.909 bits per heavy atom. The minimum absolute atomic E-state index is 0.0268. The maximum Gasteiger partial charge on any atom is 0.305 e. The van der Waals surface area contributed by atoms with Crippen LogP contribution in [0.1, 0.15) is 28.3 Å². The number of aryl methyl sites for hydroxylation is 1. The molecule has 7 atom stereocenters. The molecule has 7 rings (SSSR count). The van der Waals surface area contributed by atoms with E-state index in [1.54, 1.807) is 11.8 Å². The number of aromatic nitrogens is 1. The number of imide groups is 1. The van der Waals surface area contributed by atoms with Crippen molar-refractivity contribution in [1.29, 1.82) is 0 Å². The van der Waals surface area contributed by atoms with Crippen molar-refractivity contribution in [3.63, 3.8) is 0 Å². The molecule has 0 unspecified atom stereocenters. The smallest absolute Gasteiger partial charge is 0.305 e. The first-order valence-electron chi connectivity index (χ1n) is 11.4. The van der Waals surface area contributed by atoms with Gasteiger partial charge in [-0.05, 0) is 54.4 Å². The fourth-order valence-corrected chi connectivity index (χ4v) is 10.0. The van der Waals surface area contributed by atoms with Crippen LogP contribution in [0.25, 0.3) is 0 Å². The quantitative estimate of drug-likeness (QED) is 0.558. The van der Waals surface area contributed by atoms with Gasteiger partial charge in [-0.1, -0.05) is 53.8 Å². The number of aromatic amines is 1. The van der Waals surface area contributed by atoms with E-state index >= 15 is 0 Å². The van der Waals surface area contributed by atoms with E-state index in [1.807, 2.05) is 36.4 Å². The van der Waals surface area contributed by atoms with Gasteiger partial charge >= 0.3 is 4.87 Å². The first-order valence-corrected chi connectivity index (χ1v) is 13.1. The van der Waals surface area contributed by atoms with Crippen LogP contribution >= 0.6 is 23.1 Å². The van der Waals surface area contributed by atoms with Crippen molar-refractivity contribution in [3.05, 3.63) is 80.3 Å². The molecule has 166 valence electrons. The van der Waals surface area contributed by atoms with Gasteiger partial charge in [-0.25, -0.2) is 0 Å². The van der Waals surface area contributed by atoms with Gasteiger partial charge in [0.15, 0.2) is 0 Å². The highest BCUT2D eigenvalue weighted by Crippen LogP contribution is 2.68. The van der Waals surface area contributed by atoms with Gasteiger partial charge in [0.05, 0.1) is 22.5 Å². The second-order valence-electron chi connectivity index (χ2n) is 9.66. The molecular formula is C26H22N2O3S2. The lowest BCUT2D eigenvalue weighted by molar-refractivity contribution is -0.123. The molecule has 1 saturated heterocycles. The van der Waals surface area contributed by atoms with Crippen molar-refractivity contribution < 1.29 is 9.59 Å². The molecule has 1 N–H and O–H groups in total. The average Bonchev–Trinajstić information content (AvgIpc) is 3.54. The van der Waals surface area contributed by atoms with Gasteiger partial charge in [-0.2, -0.15) is 0 Å². The van der Waals surface area contributed by atoms with Gasteiger partial charge < -0.3 is 4.98 Å². The molecule has 4 aliphatic rings. The largest absolute Gasteiger partial charge is 0.307 e. The summed E-state index contributed by atoms with van der Waals surface area (Å²) in [7, 11) is 0. The van der Waals surface area contributed by atoms with E-state index in [0.717, 1.165) is 16.3 Å². The molecule has 3 aromatic rings. The maximum atomic E-state index is 13.7. The Labute approximate surface area is 199 Å². The Morgan fingerprint density at radius 3 is 2.36 bits per heavy atom. The Kier molecular flexibility index (Phi) is 4.16. The van der Waals surface area contributed by atoms with Crippen LogP contribution in [0.3, 0.4) is 0 Å². The molecule has 2 aliphatic heterocycles. The van der Waals surface area contributed by atoms with Crippen molar-refractivity contribution in [2.24, 2.45) is 29.6 Å². The van der Waals surface area contributed by atoms with Crippen molar-refractivity contribution >= 4 is 40.6 Å². The Balaban J connectivity index is 1.36. The topological polar surface area (TPSA) is 70.2 Å². The monoisotopic (exact) mass is 474 g/mol. The van der Waals surface area contributed by atoms with Gasteiger partial charge in [0.25, 0.3) is 0 Å². The number of carbonyl (C=O) groups is 2. The van der Waals surface area contributed by atoms with E-state index < -0.39 is 0 Å². The highest BCUT2D eigenvalue weighted by atomic mass is 32.2. The highest BCUT2D eigenvalue weighted by molar-refractivity contribution is 8.00. The summed E-state index contributed by atoms with van der Waals surface area (Å²) in [5.41, 5.74) is 3.12. The number of fused-ring (bicyclic) bond motifs is 9. The summed E-state index contributed by atoms with van der Waals surface area (Å²) in [5.74, 6) is 0.0494. The Morgan fingerprint density at radius 2 is 1.61 bits per heavy atom. The molecule has 2 saturated carbocycles. The van der Waals surface area contributed by atoms with Crippen molar-refractivity contribution in [2.45, 2.75) is 29.5 Å². The van der Waals surface area contributed by atoms with Crippen LogP contribution in [0.15, 0.2) is 64.4 Å². The molecular weight excluding hydrogens is 452 g/mol. The number of thioether (sulfide) groups is 1. The number of thiazole rings is 1. The number of benzene rings is 2. The molecule has 2 amide bonds. The van der Waals surface area contributed by atoms with Crippen LogP contribution in [0.2, 0.25) is 0 Å². The van der Waals surface area contributed by atoms with E-state index in [1.165, 1.54) is 27.4 Å². The minimum Gasteiger partial charge on any atom is -0.307 e. The minimum atomic E-state index is -0.256. The van der Waals surface area contributed by atoms with Crippen LogP contribution in [0, 0.1) is 36.5 Å². The third-order valence-electron chi connectivity index (χ3n) is 8.26. The normalized spacial score (nSPS) is 33.8. The fourth-order valence-electron chi connectivity index (χ4n) is 7.13. The summed E-state index contributed by atoms with van der Waals surface area (Å²) in [6.45, 7) is 2.12. The second kappa shape index (κ2) is 6.93. The van der Waals surface area contributed by atoms with E-state index in [-0.39, 0.29) is 57.4 Å². The zero-order chi connectivity index (χ0) is 22.4. The van der Waals surface area contributed by atoms with Crippen LogP contribution < -0.4 is 9.77 Å². The molecule has 2 bridgehead atoms. The summed E-state index contributed by atoms with van der Waals surface area (Å²) in [5, 5.41) is 1.19. The first kappa shape index (κ1) is 19.8. The number of rotatable bonds is 2. The summed E-state index contributed by atoms with van der Waals surface area (Å²) in [6.07, 6.45) is 0.916. The number of nitrogens with zero attached hydrogens (tertiary/aromatic N) is 1. The third-order valence-corrected chi connectivity index (χ3v) is 10.9. The molecule has 0 radical (unpaired) electrons. The van der Waals surface area contributed by atoms with Crippen LogP contribution in [-0.2, 0) is 9.59 Å². The maximum absolute atomic E-state index is 13.7. The fraction of sp³-hybridized carbons (Fsp3) is 0.346. The van der Waals surface area contributed by atoms with E-state index in [0.29, 0.717) is 5.69 Å². The molecule has 33 heavy (non-hydrogen) atoms. The number of hydrogen-bond acceptors (Lipinski definition) is 5. The van der Waals surface area contributed by atoms with E-state index in [2.05, 4.69) is 30.1 Å². The first-order chi connectivity index (χ1) is 16.0. The highest BCUT2D eigenvalue weighted by Gasteiger charge is 2.69. The molecule has 3 fully saturated rings. The van der Waals surface area contributed by atoms with Gasteiger partial charge in [-0.15, -0.1) is 11.8 Å². The number of amides is 2. The summed E-state index contributed by atoms with van der Waals surface area (Å²) < 4.78 is 0. The van der Waals surface area contributed by atoms with Crippen LogP contribution in [0.5, 0.6) is 0 Å². The summed E-state index contributed by atoms with van der Waals surface area (Å²) >= 11 is 3.05. The Hall–Kier alpha value is -2.64. The second-order valence-corrected chi connectivity index (χ2v) is 11.9. The van der Waals surface area contributed by atoms with Gasteiger partial charge in [0.1, 0.15) is 0 Å². The van der Waals surface area contributed by atoms with Crippen LogP contribution in [-0.4, -0.2) is 22.0 Å². The van der Waals surface area contributed by atoms with Gasteiger partial charge in [0, 0.05) is 16.0 Å². The van der Waals surface area contributed by atoms with E-state index in [4.69, 9.17) is 0 Å². The molecule has 3 heterocycles. The number of hydrogen-bond donors (Lipinski definition) is 1. The number of anilines is 1. The van der Waals surface area contributed by atoms with Crippen LogP contribution in [0.4, 0.5) is 5.69 Å². The van der Waals surface area contributed by atoms with Gasteiger partial charge in [-0.3, -0.25) is 19.3 Å². The molecule has 1 aromatic heterocycles. The number of H-pyrrole nitrogens is 1. The zero-order valence-corrected chi connectivity index (χ0v) is 19.6. The molecule has 7 heteroatoms. The molecule has 2 aliphatic carbocycles. The summed E-state index contributed by atoms with van der Waals surface area (Å²) in [6, 6.07) is 17.7. The number of carbonyl (C=O) groups excluding carboxylic acids is 2. The molecule has 2 aromatic carbocycles. The van der Waals surface area contributed by atoms with E-state index in [9.17, 15) is 14.4 Å². The average molecular weight is 475 g/mol. The zero-order valence-electron chi connectivity index (χ0n) is 17.9. The standard InChI is InChI=1S/C26H22N2O3S2/c1-12-7-5-6-10-14(12)17-18-15-11-16(21(18)32-23-22(17)33-26(31)27-23)20-19(15)24(29)28(25(20)30)13-8-3-2-4-9-13/h2-10,15-21H,11H2,1H3,(H,27,31)/t15-,16+,17+,18-,19+,20+,21-/m0/s1. The summed E-state index contributed by atoms with van der Waals surface area (Å²) in [4.78, 5) is 45.2. The third kappa shape index (κ3) is 2.58. The molecule has 0 spiro atoms. The van der Waals surface area contributed by atoms with Crippen molar-refractivity contribution in [2.75, 3.05) is 4.90 Å². The predicted octanol–water partition coefficient (Wildman–Crippen LogP) is 4.42. The lowest BCUT2D eigenvalue weighted by Crippen LogP contribution is -2.42. The SMILES string of the molecule is Cc1ccccc1[C@H]1c2sc(=O)[nH]c2S[C@H]2[C@@H]3C[C@H]([C@H]4C(=O)N(c5ccccc5)C(=O)[C@H]34)[C@@H]12. The van der Waals surface area contributed by atoms with Crippen molar-refractivity contribution in [1.82, 2.24) is 4.98 Å². The Bertz CT molecular complexity index is 1360. The van der Waals surface area contributed by atoms with Gasteiger partial charge in [0.2, 0.25) is 11.8 Å². The number of para-hydroxylation sites is 1. The predicted molar refractivity (Wildman–Crippen MR) is 129 cm³/mol. The molecule has 5 nitrogen and oxygen atoms in total. The lowest BCUT2D eigenvalue weighted by Gasteiger charge is -2.43. The lowest BCUT2D eigenvalue weighted by atomic mass is 9.67. The number of nitrogens with one attached hydrogen (secondary N) is 1.